The highest BCUT2D eigenvalue weighted by atomic mass is 16.5. The van der Waals surface area contributed by atoms with Gasteiger partial charge in [0.25, 0.3) is 0 Å². The number of carbonyl (C=O) groups is 2. The second kappa shape index (κ2) is 6.93. The van der Waals surface area contributed by atoms with Crippen LogP contribution in [0.1, 0.15) is 48.1 Å². The number of amides is 1. The molecule has 2 aliphatic heterocycles. The summed E-state index contributed by atoms with van der Waals surface area (Å²) in [6.07, 6.45) is 1.65. The molecule has 0 aliphatic carbocycles. The lowest BCUT2D eigenvalue weighted by Crippen LogP contribution is -2.53. The predicted octanol–water partition coefficient (Wildman–Crippen LogP) is 3.33. The molecular formula is C23H24N4O3. The van der Waals surface area contributed by atoms with Crippen molar-refractivity contribution >= 4 is 22.7 Å². The van der Waals surface area contributed by atoms with E-state index in [0.717, 1.165) is 16.6 Å². The maximum absolute atomic E-state index is 13.1. The maximum atomic E-state index is 13.1. The van der Waals surface area contributed by atoms with Gasteiger partial charge in [0.15, 0.2) is 5.78 Å². The van der Waals surface area contributed by atoms with Gasteiger partial charge in [0.1, 0.15) is 22.9 Å². The van der Waals surface area contributed by atoms with E-state index < -0.39 is 11.6 Å². The summed E-state index contributed by atoms with van der Waals surface area (Å²) in [5.74, 6) is 0.805. The fourth-order valence-electron chi connectivity index (χ4n) is 4.56. The van der Waals surface area contributed by atoms with E-state index in [2.05, 4.69) is 10.3 Å². The number of rotatable bonds is 2. The summed E-state index contributed by atoms with van der Waals surface area (Å²) in [6, 6.07) is 12.9. The Labute approximate surface area is 174 Å². The highest BCUT2D eigenvalue weighted by molar-refractivity contribution is 6.00. The number of fused-ring (bicyclic) bond motifs is 2. The zero-order valence-electron chi connectivity index (χ0n) is 17.2. The van der Waals surface area contributed by atoms with E-state index in [1.165, 1.54) is 0 Å². The monoisotopic (exact) mass is 404 g/mol. The zero-order chi connectivity index (χ0) is 20.9. The van der Waals surface area contributed by atoms with E-state index in [9.17, 15) is 9.59 Å². The molecule has 0 N–H and O–H groups in total. The van der Waals surface area contributed by atoms with Crippen LogP contribution in [0.3, 0.4) is 0 Å². The number of likely N-dealkylation sites (tertiary alicyclic amines) is 1. The van der Waals surface area contributed by atoms with Crippen LogP contribution in [0.15, 0.2) is 42.5 Å². The number of piperidine rings is 1. The molecule has 1 fully saturated rings. The molecule has 2 aliphatic rings. The number of hydrogen-bond donors (Lipinski definition) is 0. The Balaban J connectivity index is 1.30. The van der Waals surface area contributed by atoms with Crippen LogP contribution in [-0.4, -0.2) is 50.3 Å². The molecule has 0 bridgehead atoms. The van der Waals surface area contributed by atoms with Gasteiger partial charge in [0.05, 0.1) is 17.5 Å². The van der Waals surface area contributed by atoms with Gasteiger partial charge < -0.3 is 9.64 Å². The van der Waals surface area contributed by atoms with E-state index in [1.807, 2.05) is 61.2 Å². The van der Waals surface area contributed by atoms with Crippen LogP contribution < -0.4 is 4.74 Å². The van der Waals surface area contributed by atoms with Crippen LogP contribution in [0.5, 0.6) is 5.75 Å². The average Bonchev–Trinajstić information content (AvgIpc) is 3.18. The molecule has 1 amide bonds. The number of hydrogen-bond acceptors (Lipinski definition) is 5. The van der Waals surface area contributed by atoms with Crippen molar-refractivity contribution in [2.24, 2.45) is 0 Å². The number of benzene rings is 2. The lowest BCUT2D eigenvalue weighted by Gasteiger charge is -2.44. The third-order valence-electron chi connectivity index (χ3n) is 6.33. The first kappa shape index (κ1) is 18.8. The number of Topliss-reactive ketones (excluding diaryl/α,β-unsaturated/α-hetero) is 1. The SMILES string of the molecule is Cc1ccc2c(c1)C(=O)CC1(CCN(C(=O)[C@H](C)n3nnc4ccccc43)CC1)O2. The summed E-state index contributed by atoms with van der Waals surface area (Å²) in [7, 11) is 0. The molecule has 7 nitrogen and oxygen atoms in total. The maximum Gasteiger partial charge on any atom is 0.247 e. The fourth-order valence-corrected chi connectivity index (χ4v) is 4.56. The third-order valence-corrected chi connectivity index (χ3v) is 6.33. The minimum absolute atomic E-state index is 0.0127. The molecule has 3 aromatic rings. The molecule has 2 aromatic carbocycles. The van der Waals surface area contributed by atoms with E-state index in [-0.39, 0.29) is 11.7 Å². The molecular weight excluding hydrogens is 380 g/mol. The summed E-state index contributed by atoms with van der Waals surface area (Å²) >= 11 is 0. The summed E-state index contributed by atoms with van der Waals surface area (Å²) in [6.45, 7) is 4.95. The molecule has 154 valence electrons. The Bertz CT molecular complexity index is 1140. The summed E-state index contributed by atoms with van der Waals surface area (Å²) in [5.41, 5.74) is 2.83. The first-order valence-corrected chi connectivity index (χ1v) is 10.4. The van der Waals surface area contributed by atoms with Gasteiger partial charge in [-0.1, -0.05) is 29.0 Å². The molecule has 1 aromatic heterocycles. The minimum atomic E-state index is -0.515. The van der Waals surface area contributed by atoms with E-state index in [1.54, 1.807) is 4.68 Å². The van der Waals surface area contributed by atoms with Crippen LogP contribution in [0.2, 0.25) is 0 Å². The Kier molecular flexibility index (Phi) is 4.34. The molecule has 30 heavy (non-hydrogen) atoms. The first-order valence-electron chi connectivity index (χ1n) is 10.4. The van der Waals surface area contributed by atoms with Gasteiger partial charge in [-0.15, -0.1) is 5.10 Å². The van der Waals surface area contributed by atoms with Gasteiger partial charge in [-0.25, -0.2) is 4.68 Å². The van der Waals surface area contributed by atoms with Gasteiger partial charge in [-0.3, -0.25) is 9.59 Å². The zero-order valence-corrected chi connectivity index (χ0v) is 17.2. The summed E-state index contributed by atoms with van der Waals surface area (Å²) in [4.78, 5) is 27.7. The number of ether oxygens (including phenoxy) is 1. The van der Waals surface area contributed by atoms with Crippen LogP contribution in [0.4, 0.5) is 0 Å². The number of carbonyl (C=O) groups excluding carboxylic acids is 2. The topological polar surface area (TPSA) is 77.3 Å². The van der Waals surface area contributed by atoms with Crippen molar-refractivity contribution in [3.63, 3.8) is 0 Å². The third kappa shape index (κ3) is 3.05. The fraction of sp³-hybridized carbons (Fsp3) is 0.391. The molecule has 1 atom stereocenters. The van der Waals surface area contributed by atoms with Crippen molar-refractivity contribution < 1.29 is 14.3 Å². The smallest absolute Gasteiger partial charge is 0.247 e. The largest absolute Gasteiger partial charge is 0.486 e. The molecule has 1 spiro atoms. The van der Waals surface area contributed by atoms with Gasteiger partial charge in [-0.2, -0.15) is 0 Å². The molecule has 7 heteroatoms. The standard InChI is InChI=1S/C23H24N4O3/c1-15-7-8-21-17(13-15)20(28)14-23(30-21)9-11-26(12-10-23)22(29)16(2)27-19-6-4-3-5-18(19)24-25-27/h3-8,13,16H,9-12,14H2,1-2H3/t16-/m0/s1. The highest BCUT2D eigenvalue weighted by Gasteiger charge is 2.44. The van der Waals surface area contributed by atoms with Crippen LogP contribution in [-0.2, 0) is 4.79 Å². The highest BCUT2D eigenvalue weighted by Crippen LogP contribution is 2.40. The average molecular weight is 404 g/mol. The number of aromatic nitrogens is 3. The minimum Gasteiger partial charge on any atom is -0.486 e. The summed E-state index contributed by atoms with van der Waals surface area (Å²) < 4.78 is 8.00. The Morgan fingerprint density at radius 1 is 1.17 bits per heavy atom. The van der Waals surface area contributed by atoms with Crippen molar-refractivity contribution in [3.8, 4) is 5.75 Å². The van der Waals surface area contributed by atoms with Crippen LogP contribution >= 0.6 is 0 Å². The lowest BCUT2D eigenvalue weighted by molar-refractivity contribution is -0.138. The Hall–Kier alpha value is -3.22. The van der Waals surface area contributed by atoms with Crippen molar-refractivity contribution in [2.45, 2.75) is 44.8 Å². The van der Waals surface area contributed by atoms with Crippen molar-refractivity contribution in [2.75, 3.05) is 13.1 Å². The van der Waals surface area contributed by atoms with Crippen LogP contribution in [0, 0.1) is 6.92 Å². The Morgan fingerprint density at radius 2 is 1.93 bits per heavy atom. The number of aryl methyl sites for hydroxylation is 1. The predicted molar refractivity (Wildman–Crippen MR) is 112 cm³/mol. The lowest BCUT2D eigenvalue weighted by atomic mass is 9.82. The number of nitrogens with zero attached hydrogens (tertiary/aromatic N) is 4. The molecule has 0 unspecified atom stereocenters. The Morgan fingerprint density at radius 3 is 2.73 bits per heavy atom. The van der Waals surface area contributed by atoms with Gasteiger partial charge in [0, 0.05) is 25.9 Å². The second-order valence-corrected chi connectivity index (χ2v) is 8.41. The van der Waals surface area contributed by atoms with E-state index in [4.69, 9.17) is 4.74 Å². The summed E-state index contributed by atoms with van der Waals surface area (Å²) in [5, 5.41) is 8.34. The molecule has 5 rings (SSSR count). The van der Waals surface area contributed by atoms with Gasteiger partial charge in [-0.05, 0) is 38.1 Å². The van der Waals surface area contributed by atoms with Crippen molar-refractivity contribution in [1.29, 1.82) is 0 Å². The molecule has 0 saturated carbocycles. The number of ketones is 1. The molecule has 1 saturated heterocycles. The van der Waals surface area contributed by atoms with Crippen molar-refractivity contribution in [3.05, 3.63) is 53.6 Å². The van der Waals surface area contributed by atoms with E-state index >= 15 is 0 Å². The van der Waals surface area contributed by atoms with E-state index in [0.29, 0.717) is 43.7 Å². The second-order valence-electron chi connectivity index (χ2n) is 8.41. The molecule has 0 radical (unpaired) electrons. The normalized spacial score (nSPS) is 18.9. The quantitative estimate of drug-likeness (QED) is 0.655. The number of para-hydroxylation sites is 1. The molecule has 3 heterocycles. The first-order chi connectivity index (χ1) is 14.5. The van der Waals surface area contributed by atoms with Crippen LogP contribution in [0.25, 0.3) is 11.0 Å². The van der Waals surface area contributed by atoms with Crippen molar-refractivity contribution in [1.82, 2.24) is 19.9 Å². The van der Waals surface area contributed by atoms with Gasteiger partial charge >= 0.3 is 0 Å². The van der Waals surface area contributed by atoms with Gasteiger partial charge in [0.2, 0.25) is 5.91 Å².